The van der Waals surface area contributed by atoms with Gasteiger partial charge in [-0.25, -0.2) is 13.4 Å². The molecule has 0 bridgehead atoms. The van der Waals surface area contributed by atoms with E-state index in [9.17, 15) is 8.42 Å². The summed E-state index contributed by atoms with van der Waals surface area (Å²) in [6.07, 6.45) is 0. The van der Waals surface area contributed by atoms with Gasteiger partial charge in [-0.15, -0.1) is 11.3 Å². The molecule has 3 rings (SSSR count). The Kier molecular flexibility index (Phi) is 4.00. The van der Waals surface area contributed by atoms with Gasteiger partial charge in [-0.05, 0) is 52.7 Å². The van der Waals surface area contributed by atoms with Crippen LogP contribution in [0.25, 0.3) is 10.2 Å². The molecule has 0 unspecified atom stereocenters. The van der Waals surface area contributed by atoms with E-state index in [1.54, 1.807) is 24.3 Å². The fourth-order valence-electron chi connectivity index (χ4n) is 1.67. The van der Waals surface area contributed by atoms with E-state index >= 15 is 0 Å². The Morgan fingerprint density at radius 2 is 2.05 bits per heavy atom. The fraction of sp³-hybridized carbons (Fsp3) is 0.0833. The number of nitrogens with one attached hydrogen (secondary N) is 1. The minimum absolute atomic E-state index is 0.254. The van der Waals surface area contributed by atoms with E-state index in [1.165, 1.54) is 22.7 Å². The third-order valence-corrected chi connectivity index (χ3v) is 7.92. The summed E-state index contributed by atoms with van der Waals surface area (Å²) in [4.78, 5) is 4.26. The molecule has 0 amide bonds. The van der Waals surface area contributed by atoms with Crippen molar-refractivity contribution >= 4 is 75.6 Å². The number of hydrogen-bond donors (Lipinski definition) is 1. The maximum absolute atomic E-state index is 12.3. The molecule has 0 aliphatic carbocycles. The van der Waals surface area contributed by atoms with Crippen molar-refractivity contribution in [2.24, 2.45) is 0 Å². The number of thiazole rings is 1. The number of thiophene rings is 1. The van der Waals surface area contributed by atoms with Crippen LogP contribution in [0.5, 0.6) is 0 Å². The van der Waals surface area contributed by atoms with Gasteiger partial charge in [-0.1, -0.05) is 22.9 Å². The lowest BCUT2D eigenvalue weighted by Gasteiger charge is -2.01. The number of rotatable bonds is 3. The van der Waals surface area contributed by atoms with Crippen LogP contribution in [0.4, 0.5) is 5.13 Å². The molecule has 1 N–H and O–H groups in total. The number of benzene rings is 1. The smallest absolute Gasteiger partial charge is 0.254 e. The van der Waals surface area contributed by atoms with E-state index in [2.05, 4.69) is 25.6 Å². The van der Waals surface area contributed by atoms with Gasteiger partial charge in [0.2, 0.25) is 0 Å². The Hall–Kier alpha value is -0.670. The number of halogens is 2. The normalized spacial score (nSPS) is 12.0. The zero-order valence-electron chi connectivity index (χ0n) is 10.6. The third kappa shape index (κ3) is 3.09. The average Bonchev–Trinajstić information content (AvgIpc) is 2.92. The molecular formula is C12H8BrClN2O2S3. The lowest BCUT2D eigenvalue weighted by atomic mass is 10.3. The standard InChI is InChI=1S/C12H8BrClN2O2S3/c1-6-4-10(20-11(6)13)21(17,18)16-12-15-8-3-2-7(14)5-9(8)19-12/h2-5H,1H3,(H,15,16). The quantitative estimate of drug-likeness (QED) is 0.653. The van der Waals surface area contributed by atoms with E-state index in [4.69, 9.17) is 11.6 Å². The molecule has 21 heavy (non-hydrogen) atoms. The lowest BCUT2D eigenvalue weighted by Crippen LogP contribution is -2.11. The SMILES string of the molecule is Cc1cc(S(=O)(=O)Nc2nc3ccc(Cl)cc3s2)sc1Br. The highest BCUT2D eigenvalue weighted by Crippen LogP contribution is 2.33. The van der Waals surface area contributed by atoms with Gasteiger partial charge in [0.05, 0.1) is 14.0 Å². The summed E-state index contributed by atoms with van der Waals surface area (Å²) >= 11 is 11.7. The van der Waals surface area contributed by atoms with Crippen molar-refractivity contribution in [3.05, 3.63) is 38.6 Å². The van der Waals surface area contributed by atoms with Crippen LogP contribution in [0.2, 0.25) is 5.02 Å². The molecule has 0 radical (unpaired) electrons. The zero-order chi connectivity index (χ0) is 15.2. The van der Waals surface area contributed by atoms with Crippen molar-refractivity contribution in [1.29, 1.82) is 0 Å². The Labute approximate surface area is 143 Å². The van der Waals surface area contributed by atoms with Crippen LogP contribution >= 0.6 is 50.2 Å². The summed E-state index contributed by atoms with van der Waals surface area (Å²) in [6, 6.07) is 6.87. The van der Waals surface area contributed by atoms with Gasteiger partial charge < -0.3 is 0 Å². The maximum Gasteiger partial charge on any atom is 0.273 e. The first-order chi connectivity index (χ1) is 9.85. The molecule has 4 nitrogen and oxygen atoms in total. The van der Waals surface area contributed by atoms with Gasteiger partial charge in [-0.3, -0.25) is 4.72 Å². The van der Waals surface area contributed by atoms with E-state index < -0.39 is 10.0 Å². The number of aromatic nitrogens is 1. The topological polar surface area (TPSA) is 59.1 Å². The summed E-state index contributed by atoms with van der Waals surface area (Å²) in [7, 11) is -3.62. The van der Waals surface area contributed by atoms with E-state index in [0.717, 1.165) is 14.0 Å². The molecule has 0 aliphatic rings. The summed E-state index contributed by atoms with van der Waals surface area (Å²) in [5.41, 5.74) is 1.60. The molecule has 2 aromatic heterocycles. The number of fused-ring (bicyclic) bond motifs is 1. The number of anilines is 1. The third-order valence-electron chi connectivity index (χ3n) is 2.67. The van der Waals surface area contributed by atoms with Gasteiger partial charge in [-0.2, -0.15) is 0 Å². The molecule has 1 aromatic carbocycles. The summed E-state index contributed by atoms with van der Waals surface area (Å²) in [5, 5.41) is 0.924. The van der Waals surface area contributed by atoms with Crippen LogP contribution in [0.3, 0.4) is 0 Å². The molecular weight excluding hydrogens is 416 g/mol. The highest BCUT2D eigenvalue weighted by atomic mass is 79.9. The highest BCUT2D eigenvalue weighted by molar-refractivity contribution is 9.11. The highest BCUT2D eigenvalue weighted by Gasteiger charge is 2.20. The predicted molar refractivity (Wildman–Crippen MR) is 92.2 cm³/mol. The summed E-state index contributed by atoms with van der Waals surface area (Å²) < 4.78 is 29.1. The Balaban J connectivity index is 1.97. The zero-order valence-corrected chi connectivity index (χ0v) is 15.3. The van der Waals surface area contributed by atoms with Crippen molar-refractivity contribution in [3.8, 4) is 0 Å². The van der Waals surface area contributed by atoms with Crippen molar-refractivity contribution in [1.82, 2.24) is 4.98 Å². The van der Waals surface area contributed by atoms with Crippen molar-refractivity contribution < 1.29 is 8.42 Å². The largest absolute Gasteiger partial charge is 0.273 e. The van der Waals surface area contributed by atoms with E-state index in [-0.39, 0.29) is 4.21 Å². The van der Waals surface area contributed by atoms with E-state index in [0.29, 0.717) is 15.7 Å². The van der Waals surface area contributed by atoms with Crippen LogP contribution in [0, 0.1) is 6.92 Å². The second kappa shape index (κ2) is 5.51. The summed E-state index contributed by atoms with van der Waals surface area (Å²) in [5.74, 6) is 0. The molecule has 0 atom stereocenters. The lowest BCUT2D eigenvalue weighted by molar-refractivity contribution is 0.603. The molecule has 110 valence electrons. The molecule has 9 heteroatoms. The minimum Gasteiger partial charge on any atom is -0.254 e. The fourth-order valence-corrected chi connectivity index (χ4v) is 6.27. The molecule has 0 aliphatic heterocycles. The molecule has 0 spiro atoms. The number of aryl methyl sites for hydroxylation is 1. The molecule has 0 fully saturated rings. The minimum atomic E-state index is -3.62. The maximum atomic E-state index is 12.3. The number of sulfonamides is 1. The average molecular weight is 424 g/mol. The monoisotopic (exact) mass is 422 g/mol. The summed E-state index contributed by atoms with van der Waals surface area (Å²) in [6.45, 7) is 1.85. The van der Waals surface area contributed by atoms with Gasteiger partial charge in [0.15, 0.2) is 5.13 Å². The van der Waals surface area contributed by atoms with Crippen LogP contribution in [0.15, 0.2) is 32.3 Å². The van der Waals surface area contributed by atoms with Crippen LogP contribution in [-0.2, 0) is 10.0 Å². The first-order valence-corrected chi connectivity index (χ1v) is 9.99. The van der Waals surface area contributed by atoms with Gasteiger partial charge in [0, 0.05) is 5.02 Å². The van der Waals surface area contributed by atoms with Crippen LogP contribution in [0.1, 0.15) is 5.56 Å². The van der Waals surface area contributed by atoms with Crippen molar-refractivity contribution in [2.45, 2.75) is 11.1 Å². The number of hydrogen-bond acceptors (Lipinski definition) is 5. The van der Waals surface area contributed by atoms with Crippen molar-refractivity contribution in [3.63, 3.8) is 0 Å². The van der Waals surface area contributed by atoms with Gasteiger partial charge >= 0.3 is 0 Å². The second-order valence-corrected chi connectivity index (χ2v) is 10.0. The first-order valence-electron chi connectivity index (χ1n) is 5.70. The van der Waals surface area contributed by atoms with Gasteiger partial charge in [0.1, 0.15) is 4.21 Å². The number of nitrogens with zero attached hydrogens (tertiary/aromatic N) is 1. The molecule has 0 saturated heterocycles. The van der Waals surface area contributed by atoms with Crippen LogP contribution < -0.4 is 4.72 Å². The molecule has 0 saturated carbocycles. The van der Waals surface area contributed by atoms with Crippen LogP contribution in [-0.4, -0.2) is 13.4 Å². The molecule has 3 aromatic rings. The van der Waals surface area contributed by atoms with Crippen molar-refractivity contribution in [2.75, 3.05) is 4.72 Å². The predicted octanol–water partition coefficient (Wildman–Crippen LogP) is 4.88. The van der Waals surface area contributed by atoms with E-state index in [1.807, 2.05) is 6.92 Å². The molecule has 2 heterocycles. The Morgan fingerprint density at radius 3 is 2.71 bits per heavy atom. The Bertz CT molecular complexity index is 914. The first kappa shape index (κ1) is 15.2. The van der Waals surface area contributed by atoms with Gasteiger partial charge in [0.25, 0.3) is 10.0 Å². The Morgan fingerprint density at radius 1 is 1.29 bits per heavy atom. The second-order valence-electron chi connectivity index (χ2n) is 4.26.